The summed E-state index contributed by atoms with van der Waals surface area (Å²) in [5.74, 6) is 0.539. The fourth-order valence-corrected chi connectivity index (χ4v) is 4.39. The van der Waals surface area contributed by atoms with Crippen LogP contribution in [0, 0.1) is 0 Å². The molecule has 251 valence electrons. The Morgan fingerprint density at radius 1 is 0.489 bits per heavy atom. The first kappa shape index (κ1) is 38.2. The second-order valence-electron chi connectivity index (χ2n) is 9.52. The average molecular weight is 692 g/mol. The molecule has 4 aromatic rings. The number of methoxy groups -OCH3 is 6. The largest absolute Gasteiger partial charge is 0.507 e. The summed E-state index contributed by atoms with van der Waals surface area (Å²) in [6, 6.07) is 18.2. The molecule has 1 radical (unpaired) electrons. The maximum absolute atomic E-state index is 12.4. The first-order valence-electron chi connectivity index (χ1n) is 13.7. The summed E-state index contributed by atoms with van der Waals surface area (Å²) in [5, 5.41) is 40.9. The third kappa shape index (κ3) is 9.08. The molecule has 4 rings (SSSR count). The molecule has 0 heterocycles. The van der Waals surface area contributed by atoms with E-state index in [2.05, 4.69) is 0 Å². The van der Waals surface area contributed by atoms with Crippen LogP contribution < -0.4 is 28.4 Å². The zero-order chi connectivity index (χ0) is 34.0. The van der Waals surface area contributed by atoms with Gasteiger partial charge in [0.15, 0.2) is 11.6 Å². The summed E-state index contributed by atoms with van der Waals surface area (Å²) < 4.78 is 30.4. The topological polar surface area (TPSA) is 170 Å². The van der Waals surface area contributed by atoms with Crippen LogP contribution in [0.15, 0.2) is 72.8 Å². The molecule has 0 aliphatic heterocycles. The summed E-state index contributed by atoms with van der Waals surface area (Å²) in [6.45, 7) is 0. The maximum atomic E-state index is 12.4. The Morgan fingerprint density at radius 2 is 0.787 bits per heavy atom. The van der Waals surface area contributed by atoms with E-state index in [0.29, 0.717) is 23.0 Å². The molecule has 12 nitrogen and oxygen atoms in total. The van der Waals surface area contributed by atoms with Crippen LogP contribution in [0.5, 0.6) is 46.0 Å². The zero-order valence-electron chi connectivity index (χ0n) is 26.5. The number of hydrogen-bond acceptors (Lipinski definition) is 12. The quantitative estimate of drug-likeness (QED) is 0.120. The van der Waals surface area contributed by atoms with Crippen molar-refractivity contribution in [1.82, 2.24) is 0 Å². The van der Waals surface area contributed by atoms with Gasteiger partial charge in [0.1, 0.15) is 58.2 Å². The van der Waals surface area contributed by atoms with Gasteiger partial charge in [0.25, 0.3) is 0 Å². The molecule has 0 spiro atoms. The van der Waals surface area contributed by atoms with Crippen LogP contribution in [0.25, 0.3) is 0 Å². The van der Waals surface area contributed by atoms with Crippen LogP contribution in [0.4, 0.5) is 0 Å². The van der Waals surface area contributed by atoms with Gasteiger partial charge in [0, 0.05) is 52.5 Å². The number of carbonyl (C=O) groups is 2. The third-order valence-electron chi connectivity index (χ3n) is 6.89. The molecule has 4 N–H and O–H groups in total. The molecule has 4 aromatic carbocycles. The van der Waals surface area contributed by atoms with Gasteiger partial charge in [-0.1, -0.05) is 0 Å². The minimum absolute atomic E-state index is 0. The number of phenols is 2. The van der Waals surface area contributed by atoms with Gasteiger partial charge in [-0.3, -0.25) is 9.59 Å². The summed E-state index contributed by atoms with van der Waals surface area (Å²) in [7, 11) is 8.67. The number of ether oxygens (including phenoxy) is 6. The third-order valence-corrected chi connectivity index (χ3v) is 6.89. The molecule has 0 aromatic heterocycles. The monoisotopic (exact) mass is 691 g/mol. The molecule has 47 heavy (non-hydrogen) atoms. The van der Waals surface area contributed by atoms with Crippen molar-refractivity contribution in [3.8, 4) is 46.0 Å². The van der Waals surface area contributed by atoms with Crippen LogP contribution in [0.3, 0.4) is 0 Å². The fourth-order valence-electron chi connectivity index (χ4n) is 4.39. The number of phenolic OH excluding ortho intramolecular Hbond substituents is 2. The van der Waals surface area contributed by atoms with E-state index in [4.69, 9.17) is 28.4 Å². The van der Waals surface area contributed by atoms with E-state index in [9.17, 15) is 30.0 Å². The number of Topliss-reactive ketones (excluding diaryl/α,β-unsaturated/α-hetero) is 2. The molecular weight excluding hydrogens is 655 g/mol. The van der Waals surface area contributed by atoms with Gasteiger partial charge in [-0.05, 0) is 48.5 Å². The summed E-state index contributed by atoms with van der Waals surface area (Å²) in [4.78, 5) is 24.9. The number of aromatic hydroxyl groups is 2. The average Bonchev–Trinajstić information content (AvgIpc) is 3.09. The fraction of sp³-hybridized carbons (Fsp3) is 0.235. The number of ketones is 2. The second kappa shape index (κ2) is 17.7. The van der Waals surface area contributed by atoms with E-state index < -0.39 is 23.8 Å². The molecule has 0 amide bonds. The minimum Gasteiger partial charge on any atom is -0.507 e. The van der Waals surface area contributed by atoms with Crippen molar-refractivity contribution in [2.45, 2.75) is 12.2 Å². The van der Waals surface area contributed by atoms with Crippen molar-refractivity contribution in [2.75, 3.05) is 42.7 Å². The Kier molecular flexibility index (Phi) is 14.4. The Labute approximate surface area is 282 Å². The number of carbonyl (C=O) groups excluding carboxylic acids is 2. The Balaban J connectivity index is 0.000000320. The summed E-state index contributed by atoms with van der Waals surface area (Å²) >= 11 is 0. The SMILES string of the molecule is COc1ccc(C(=O)C(O)c2c(O)cc(OC)cc2OC)cc1.COc1ccc(C(=O)C(O)c2c(O)cc(OC)cc2OC)cc1.[Mn]. The number of rotatable bonds is 12. The number of hydrogen-bond donors (Lipinski definition) is 4. The van der Waals surface area contributed by atoms with Crippen molar-refractivity contribution >= 4 is 11.6 Å². The minimum atomic E-state index is -1.57. The van der Waals surface area contributed by atoms with Gasteiger partial charge >= 0.3 is 0 Å². The standard InChI is InChI=1S/2C17H18O6.Mn/c2*1-21-11-6-4-10(5-7-11)16(19)17(20)15-13(18)8-12(22-2)9-14(15)23-3;/h2*4-9,17-18,20H,1-3H3;. The van der Waals surface area contributed by atoms with Crippen LogP contribution in [0.1, 0.15) is 44.1 Å². The maximum Gasteiger partial charge on any atom is 0.196 e. The Bertz CT molecular complexity index is 1520. The van der Waals surface area contributed by atoms with Gasteiger partial charge in [-0.25, -0.2) is 0 Å². The first-order chi connectivity index (χ1) is 22.0. The van der Waals surface area contributed by atoms with Crippen LogP contribution in [0.2, 0.25) is 0 Å². The number of benzene rings is 4. The molecule has 0 saturated heterocycles. The zero-order valence-corrected chi connectivity index (χ0v) is 27.7. The molecule has 0 bridgehead atoms. The van der Waals surface area contributed by atoms with Crippen molar-refractivity contribution in [3.05, 3.63) is 95.1 Å². The van der Waals surface area contributed by atoms with E-state index in [1.54, 1.807) is 24.3 Å². The number of aliphatic hydroxyl groups is 2. The molecule has 0 aliphatic rings. The first-order valence-corrected chi connectivity index (χ1v) is 13.7. The van der Waals surface area contributed by atoms with E-state index in [1.807, 2.05) is 0 Å². The molecule has 0 saturated carbocycles. The smallest absolute Gasteiger partial charge is 0.196 e. The Morgan fingerprint density at radius 3 is 1.04 bits per heavy atom. The number of aliphatic hydroxyl groups excluding tert-OH is 2. The van der Waals surface area contributed by atoms with Gasteiger partial charge < -0.3 is 48.8 Å². The van der Waals surface area contributed by atoms with Crippen molar-refractivity contribution in [2.24, 2.45) is 0 Å². The molecule has 2 unspecified atom stereocenters. The predicted molar refractivity (Wildman–Crippen MR) is 167 cm³/mol. The van der Waals surface area contributed by atoms with Crippen LogP contribution in [-0.4, -0.2) is 74.7 Å². The molecule has 2 atom stereocenters. The molecule has 0 aliphatic carbocycles. The van der Waals surface area contributed by atoms with E-state index in [-0.39, 0.29) is 62.3 Å². The van der Waals surface area contributed by atoms with Gasteiger partial charge in [-0.2, -0.15) is 0 Å². The second-order valence-corrected chi connectivity index (χ2v) is 9.52. The van der Waals surface area contributed by atoms with Gasteiger partial charge in [0.2, 0.25) is 0 Å². The molecule has 0 fully saturated rings. The van der Waals surface area contributed by atoms with Crippen molar-refractivity contribution < 1.29 is 75.5 Å². The van der Waals surface area contributed by atoms with E-state index >= 15 is 0 Å². The van der Waals surface area contributed by atoms with E-state index in [1.165, 1.54) is 91.2 Å². The predicted octanol–water partition coefficient (Wildman–Crippen LogP) is 4.67. The normalized spacial score (nSPS) is 11.4. The molecule has 13 heteroatoms. The Hall–Kier alpha value is -4.94. The molecular formula is C34H36MnO12. The van der Waals surface area contributed by atoms with Crippen LogP contribution >= 0.6 is 0 Å². The van der Waals surface area contributed by atoms with Crippen molar-refractivity contribution in [1.29, 1.82) is 0 Å². The van der Waals surface area contributed by atoms with Crippen LogP contribution in [-0.2, 0) is 17.1 Å². The van der Waals surface area contributed by atoms with E-state index in [0.717, 1.165) is 0 Å². The summed E-state index contributed by atoms with van der Waals surface area (Å²) in [5.41, 5.74) is 0.564. The van der Waals surface area contributed by atoms with Crippen molar-refractivity contribution in [3.63, 3.8) is 0 Å². The van der Waals surface area contributed by atoms with Gasteiger partial charge in [0.05, 0.1) is 53.8 Å². The van der Waals surface area contributed by atoms with Gasteiger partial charge in [-0.15, -0.1) is 0 Å². The summed E-state index contributed by atoms with van der Waals surface area (Å²) in [6.07, 6.45) is -3.13.